The van der Waals surface area contributed by atoms with Gasteiger partial charge in [-0.2, -0.15) is 0 Å². The van der Waals surface area contributed by atoms with E-state index in [4.69, 9.17) is 14.2 Å². The molecule has 0 radical (unpaired) electrons. The molecule has 1 unspecified atom stereocenters. The van der Waals surface area contributed by atoms with Crippen LogP contribution in [0.15, 0.2) is 48.6 Å². The molecule has 0 rings (SSSR count). The molecule has 0 N–H and O–H groups in total. The van der Waals surface area contributed by atoms with Gasteiger partial charge < -0.3 is 14.2 Å². The van der Waals surface area contributed by atoms with Gasteiger partial charge in [0.1, 0.15) is 13.2 Å². The van der Waals surface area contributed by atoms with E-state index in [1.54, 1.807) is 0 Å². The van der Waals surface area contributed by atoms with Crippen molar-refractivity contribution >= 4 is 17.9 Å². The normalized spacial score (nSPS) is 12.4. The van der Waals surface area contributed by atoms with Crippen LogP contribution in [0.3, 0.4) is 0 Å². The van der Waals surface area contributed by atoms with Crippen LogP contribution >= 0.6 is 0 Å². The van der Waals surface area contributed by atoms with Gasteiger partial charge in [0.2, 0.25) is 0 Å². The number of carbonyl (C=O) groups excluding carboxylic acids is 3. The molecule has 0 heterocycles. The number of allylic oxidation sites excluding steroid dienone is 8. The zero-order valence-corrected chi connectivity index (χ0v) is 41.1. The van der Waals surface area contributed by atoms with Crippen LogP contribution in [0.2, 0.25) is 0 Å². The Labute approximate surface area is 384 Å². The topological polar surface area (TPSA) is 78.9 Å². The van der Waals surface area contributed by atoms with Gasteiger partial charge in [-0.3, -0.25) is 14.4 Å². The van der Waals surface area contributed by atoms with Crippen molar-refractivity contribution in [3.63, 3.8) is 0 Å². The molecule has 0 saturated heterocycles. The molecule has 0 saturated carbocycles. The molecule has 0 aromatic heterocycles. The summed E-state index contributed by atoms with van der Waals surface area (Å²) < 4.78 is 16.8. The second-order valence-electron chi connectivity index (χ2n) is 17.8. The van der Waals surface area contributed by atoms with Crippen LogP contribution in [0, 0.1) is 0 Å². The lowest BCUT2D eigenvalue weighted by Gasteiger charge is -2.18. The van der Waals surface area contributed by atoms with Crippen LogP contribution in [0.1, 0.15) is 271 Å². The van der Waals surface area contributed by atoms with Crippen molar-refractivity contribution < 1.29 is 28.6 Å². The van der Waals surface area contributed by atoms with Crippen molar-refractivity contribution in [1.29, 1.82) is 0 Å². The predicted octanol–water partition coefficient (Wildman–Crippen LogP) is 17.5. The van der Waals surface area contributed by atoms with Gasteiger partial charge in [0.25, 0.3) is 0 Å². The number of rotatable bonds is 48. The van der Waals surface area contributed by atoms with Crippen LogP contribution in [0.25, 0.3) is 0 Å². The zero-order valence-electron chi connectivity index (χ0n) is 41.1. The number of ether oxygens (including phenoxy) is 3. The summed E-state index contributed by atoms with van der Waals surface area (Å²) in [6.07, 6.45) is 61.0. The van der Waals surface area contributed by atoms with Crippen LogP contribution in [0.5, 0.6) is 0 Å². The Balaban J connectivity index is 4.34. The molecule has 0 fully saturated rings. The smallest absolute Gasteiger partial charge is 0.306 e. The van der Waals surface area contributed by atoms with Crippen LogP contribution < -0.4 is 0 Å². The monoisotopic (exact) mass is 869 g/mol. The van der Waals surface area contributed by atoms with Crippen molar-refractivity contribution in [1.82, 2.24) is 0 Å². The van der Waals surface area contributed by atoms with Crippen molar-refractivity contribution in [3.05, 3.63) is 48.6 Å². The highest BCUT2D eigenvalue weighted by molar-refractivity contribution is 5.71. The minimum Gasteiger partial charge on any atom is -0.462 e. The van der Waals surface area contributed by atoms with Crippen molar-refractivity contribution in [2.24, 2.45) is 0 Å². The first-order valence-electron chi connectivity index (χ1n) is 26.7. The molecule has 0 spiro atoms. The first-order chi connectivity index (χ1) is 30.5. The van der Waals surface area contributed by atoms with Crippen molar-refractivity contribution in [2.45, 2.75) is 277 Å². The van der Waals surface area contributed by atoms with Gasteiger partial charge in [-0.05, 0) is 77.0 Å². The molecule has 360 valence electrons. The van der Waals surface area contributed by atoms with E-state index in [0.29, 0.717) is 19.3 Å². The highest BCUT2D eigenvalue weighted by Gasteiger charge is 2.19. The molecule has 0 aromatic rings. The third-order valence-corrected chi connectivity index (χ3v) is 11.6. The molecule has 62 heavy (non-hydrogen) atoms. The van der Waals surface area contributed by atoms with E-state index in [1.165, 1.54) is 141 Å². The minimum absolute atomic E-state index is 0.0797. The summed E-state index contributed by atoms with van der Waals surface area (Å²) in [6, 6.07) is 0. The Hall–Kier alpha value is -2.63. The summed E-state index contributed by atoms with van der Waals surface area (Å²) in [4.78, 5) is 37.9. The molecular weight excluding hydrogens is 769 g/mol. The fourth-order valence-corrected chi connectivity index (χ4v) is 7.52. The maximum atomic E-state index is 12.8. The SMILES string of the molecule is CCCCC/C=C\C/C=C\CCCCCCCCCC(=O)OC(COC(=O)CCCCCCC/C=C\C=C/CCCCCCCCC)COC(=O)CCCCCCCCCCC. The van der Waals surface area contributed by atoms with Crippen molar-refractivity contribution in [3.8, 4) is 0 Å². The molecule has 0 bridgehead atoms. The number of hydrogen-bond donors (Lipinski definition) is 0. The van der Waals surface area contributed by atoms with Gasteiger partial charge in [0, 0.05) is 19.3 Å². The van der Waals surface area contributed by atoms with Gasteiger partial charge >= 0.3 is 17.9 Å². The third-order valence-electron chi connectivity index (χ3n) is 11.6. The fraction of sp³-hybridized carbons (Fsp3) is 0.804. The van der Waals surface area contributed by atoms with Gasteiger partial charge in [-0.1, -0.05) is 223 Å². The lowest BCUT2D eigenvalue weighted by molar-refractivity contribution is -0.167. The van der Waals surface area contributed by atoms with E-state index in [1.807, 2.05) is 0 Å². The Bertz CT molecular complexity index is 1090. The van der Waals surface area contributed by atoms with Gasteiger partial charge in [0.15, 0.2) is 6.10 Å². The maximum Gasteiger partial charge on any atom is 0.306 e. The van der Waals surface area contributed by atoms with E-state index < -0.39 is 6.10 Å². The third kappa shape index (κ3) is 48.4. The molecule has 6 nitrogen and oxygen atoms in total. The van der Waals surface area contributed by atoms with Crippen molar-refractivity contribution in [2.75, 3.05) is 13.2 Å². The summed E-state index contributed by atoms with van der Waals surface area (Å²) in [5.41, 5.74) is 0. The summed E-state index contributed by atoms with van der Waals surface area (Å²) in [7, 11) is 0. The van der Waals surface area contributed by atoms with Crippen LogP contribution in [-0.2, 0) is 28.6 Å². The molecule has 0 amide bonds. The largest absolute Gasteiger partial charge is 0.462 e. The molecule has 0 aliphatic heterocycles. The zero-order chi connectivity index (χ0) is 45.1. The van der Waals surface area contributed by atoms with E-state index in [2.05, 4.69) is 69.4 Å². The van der Waals surface area contributed by atoms with Gasteiger partial charge in [0.05, 0.1) is 0 Å². The number of hydrogen-bond acceptors (Lipinski definition) is 6. The summed E-state index contributed by atoms with van der Waals surface area (Å²) >= 11 is 0. The second kappa shape index (κ2) is 51.0. The van der Waals surface area contributed by atoms with Gasteiger partial charge in [-0.15, -0.1) is 0 Å². The maximum absolute atomic E-state index is 12.8. The van der Waals surface area contributed by atoms with Crippen LogP contribution in [0.4, 0.5) is 0 Å². The van der Waals surface area contributed by atoms with Crippen LogP contribution in [-0.4, -0.2) is 37.2 Å². The highest BCUT2D eigenvalue weighted by Crippen LogP contribution is 2.15. The lowest BCUT2D eigenvalue weighted by atomic mass is 10.1. The Kier molecular flexibility index (Phi) is 48.8. The molecular formula is C56H100O6. The lowest BCUT2D eigenvalue weighted by Crippen LogP contribution is -2.30. The molecule has 0 aliphatic rings. The first-order valence-corrected chi connectivity index (χ1v) is 26.7. The van der Waals surface area contributed by atoms with E-state index >= 15 is 0 Å². The molecule has 0 aromatic carbocycles. The average Bonchev–Trinajstić information content (AvgIpc) is 3.27. The van der Waals surface area contributed by atoms with E-state index in [-0.39, 0.29) is 31.1 Å². The fourth-order valence-electron chi connectivity index (χ4n) is 7.52. The number of unbranched alkanes of at least 4 members (excludes halogenated alkanes) is 30. The highest BCUT2D eigenvalue weighted by atomic mass is 16.6. The average molecular weight is 869 g/mol. The molecule has 1 atom stereocenters. The summed E-state index contributed by atoms with van der Waals surface area (Å²) in [5.74, 6) is -0.898. The number of carbonyl (C=O) groups is 3. The predicted molar refractivity (Wildman–Crippen MR) is 265 cm³/mol. The standard InChI is InChI=1S/C56H100O6/c1-4-7-10-13-16-19-21-23-25-27-29-30-32-34-37-40-43-46-49-55(58)61-52-53(51-60-54(57)48-45-42-39-36-18-15-12-9-6-3)62-56(59)50-47-44-41-38-35-33-31-28-26-24-22-20-17-14-11-8-5-2/h17,20,24-27,29-30,53H,4-16,18-19,21-23,28,31-52H2,1-3H3/b20-17-,26-24-,27-25-,30-29-. The van der Waals surface area contributed by atoms with Gasteiger partial charge in [-0.25, -0.2) is 0 Å². The second-order valence-corrected chi connectivity index (χ2v) is 17.8. The summed E-state index contributed by atoms with van der Waals surface area (Å²) in [5, 5.41) is 0. The Morgan fingerprint density at radius 2 is 0.629 bits per heavy atom. The Morgan fingerprint density at radius 3 is 1.02 bits per heavy atom. The minimum atomic E-state index is -0.780. The Morgan fingerprint density at radius 1 is 0.339 bits per heavy atom. The molecule has 0 aliphatic carbocycles. The van der Waals surface area contributed by atoms with E-state index in [0.717, 1.165) is 89.9 Å². The summed E-state index contributed by atoms with van der Waals surface area (Å²) in [6.45, 7) is 6.58. The first kappa shape index (κ1) is 59.4. The van der Waals surface area contributed by atoms with E-state index in [9.17, 15) is 14.4 Å². The quantitative estimate of drug-likeness (QED) is 0.0199. The number of esters is 3. The molecule has 6 heteroatoms.